The highest BCUT2D eigenvalue weighted by Crippen LogP contribution is 2.39. The first kappa shape index (κ1) is 13.1. The summed E-state index contributed by atoms with van der Waals surface area (Å²) in [5, 5.41) is 0.781. The van der Waals surface area contributed by atoms with Crippen molar-refractivity contribution in [3.8, 4) is 0 Å². The minimum Gasteiger partial charge on any atom is -0.319 e. The van der Waals surface area contributed by atoms with Gasteiger partial charge in [-0.3, -0.25) is 4.79 Å². The first-order valence-corrected chi connectivity index (χ1v) is 8.61. The fourth-order valence-electron chi connectivity index (χ4n) is 2.27. The van der Waals surface area contributed by atoms with E-state index in [0.717, 1.165) is 11.0 Å². The third kappa shape index (κ3) is 2.41. The van der Waals surface area contributed by atoms with Crippen molar-refractivity contribution in [1.82, 2.24) is 0 Å². The van der Waals surface area contributed by atoms with Crippen LogP contribution in [0.4, 0.5) is 5.69 Å². The van der Waals surface area contributed by atoms with Gasteiger partial charge in [-0.1, -0.05) is 18.2 Å². The number of benzene rings is 1. The Labute approximate surface area is 108 Å². The fraction of sp³-hybridized carbons (Fsp3) is 0.357. The monoisotopic (exact) mass is 263 g/mol. The van der Waals surface area contributed by atoms with Crippen molar-refractivity contribution in [2.45, 2.75) is 6.42 Å². The smallest absolute Gasteiger partial charge is 0.227 e. The lowest BCUT2D eigenvalue weighted by Gasteiger charge is -2.21. The zero-order valence-corrected chi connectivity index (χ0v) is 11.7. The van der Waals surface area contributed by atoms with Crippen LogP contribution in [0.2, 0.25) is 0 Å². The Bertz CT molecular complexity index is 532. The summed E-state index contributed by atoms with van der Waals surface area (Å²) in [5.74, 6) is 0.277. The Morgan fingerprint density at radius 2 is 2.06 bits per heavy atom. The molecule has 96 valence electrons. The van der Waals surface area contributed by atoms with E-state index >= 15 is 0 Å². The van der Waals surface area contributed by atoms with E-state index in [1.807, 2.05) is 30.3 Å². The van der Waals surface area contributed by atoms with Gasteiger partial charge >= 0.3 is 0 Å². The van der Waals surface area contributed by atoms with Crippen LogP contribution < -0.4 is 10.2 Å². The van der Waals surface area contributed by atoms with Gasteiger partial charge in [0.25, 0.3) is 0 Å². The van der Waals surface area contributed by atoms with Crippen LogP contribution >= 0.6 is 7.14 Å². The van der Waals surface area contributed by atoms with E-state index < -0.39 is 7.14 Å². The summed E-state index contributed by atoms with van der Waals surface area (Å²) in [6.45, 7) is 7.85. The van der Waals surface area contributed by atoms with Crippen LogP contribution in [0.5, 0.6) is 0 Å². The van der Waals surface area contributed by atoms with Gasteiger partial charge < -0.3 is 9.46 Å². The molecule has 1 heterocycles. The Morgan fingerprint density at radius 1 is 1.39 bits per heavy atom. The molecular weight excluding hydrogens is 245 g/mol. The molecule has 0 bridgehead atoms. The SMILES string of the molecule is C=CC1CC(=O)N(c2ccccc2P(C)(C)=O)C1. The Morgan fingerprint density at radius 3 is 2.61 bits per heavy atom. The lowest BCUT2D eigenvalue weighted by Crippen LogP contribution is -2.29. The van der Waals surface area contributed by atoms with Gasteiger partial charge in [0.15, 0.2) is 0 Å². The molecule has 1 aliphatic rings. The van der Waals surface area contributed by atoms with E-state index in [2.05, 4.69) is 6.58 Å². The highest BCUT2D eigenvalue weighted by molar-refractivity contribution is 7.70. The molecule has 1 aliphatic heterocycles. The topological polar surface area (TPSA) is 37.4 Å². The molecule has 1 unspecified atom stereocenters. The molecule has 0 N–H and O–H groups in total. The second-order valence-corrected chi connectivity index (χ2v) is 8.23. The number of anilines is 1. The molecule has 1 aromatic rings. The molecule has 1 aromatic carbocycles. The molecule has 4 heteroatoms. The zero-order chi connectivity index (χ0) is 13.3. The van der Waals surface area contributed by atoms with Crippen molar-refractivity contribution >= 4 is 24.0 Å². The molecule has 0 spiro atoms. The van der Waals surface area contributed by atoms with Gasteiger partial charge in [0.2, 0.25) is 5.91 Å². The quantitative estimate of drug-likeness (QED) is 0.620. The zero-order valence-electron chi connectivity index (χ0n) is 10.8. The predicted molar refractivity (Wildman–Crippen MR) is 76.2 cm³/mol. The molecule has 0 aromatic heterocycles. The summed E-state index contributed by atoms with van der Waals surface area (Å²) in [7, 11) is -2.38. The lowest BCUT2D eigenvalue weighted by molar-refractivity contribution is -0.117. The standard InChI is InChI=1S/C14H18NO2P/c1-4-11-9-14(16)15(10-11)12-7-5-6-8-13(12)18(2,3)17/h4-8,11H,1,9-10H2,2-3H3. The van der Waals surface area contributed by atoms with Gasteiger partial charge in [-0.25, -0.2) is 0 Å². The molecule has 0 saturated carbocycles. The van der Waals surface area contributed by atoms with E-state index in [1.165, 1.54) is 0 Å². The van der Waals surface area contributed by atoms with Crippen LogP contribution in [0.15, 0.2) is 36.9 Å². The third-order valence-corrected chi connectivity index (χ3v) is 4.78. The van der Waals surface area contributed by atoms with Gasteiger partial charge in [-0.2, -0.15) is 0 Å². The number of rotatable bonds is 3. The van der Waals surface area contributed by atoms with Crippen molar-refractivity contribution in [2.24, 2.45) is 5.92 Å². The Balaban J connectivity index is 2.43. The number of amides is 1. The maximum Gasteiger partial charge on any atom is 0.227 e. The van der Waals surface area contributed by atoms with Gasteiger partial charge in [0.1, 0.15) is 7.14 Å². The van der Waals surface area contributed by atoms with E-state index in [-0.39, 0.29) is 11.8 Å². The number of carbonyl (C=O) groups excluding carboxylic acids is 1. The molecule has 18 heavy (non-hydrogen) atoms. The van der Waals surface area contributed by atoms with Crippen molar-refractivity contribution in [3.63, 3.8) is 0 Å². The van der Waals surface area contributed by atoms with Crippen LogP contribution in [0.3, 0.4) is 0 Å². The minimum atomic E-state index is -2.38. The second kappa shape index (κ2) is 4.74. The first-order chi connectivity index (χ1) is 8.43. The van der Waals surface area contributed by atoms with Crippen molar-refractivity contribution < 1.29 is 9.36 Å². The molecule has 3 nitrogen and oxygen atoms in total. The molecule has 0 radical (unpaired) electrons. The fourth-order valence-corrected chi connectivity index (χ4v) is 3.47. The van der Waals surface area contributed by atoms with E-state index in [0.29, 0.717) is 13.0 Å². The summed E-state index contributed by atoms with van der Waals surface area (Å²) in [6, 6.07) is 7.47. The molecule has 1 fully saturated rings. The Kier molecular flexibility index (Phi) is 3.45. The highest BCUT2D eigenvalue weighted by atomic mass is 31.2. The van der Waals surface area contributed by atoms with Crippen LogP contribution in [-0.4, -0.2) is 25.8 Å². The van der Waals surface area contributed by atoms with E-state index in [9.17, 15) is 9.36 Å². The Hall–Kier alpha value is -1.34. The maximum absolute atomic E-state index is 12.3. The first-order valence-electron chi connectivity index (χ1n) is 6.01. The number of hydrogen-bond acceptors (Lipinski definition) is 2. The second-order valence-electron chi connectivity index (χ2n) is 5.04. The van der Waals surface area contributed by atoms with Crippen LogP contribution in [0.25, 0.3) is 0 Å². The molecule has 1 atom stereocenters. The average molecular weight is 263 g/mol. The molecule has 1 saturated heterocycles. The van der Waals surface area contributed by atoms with Crippen LogP contribution in [0.1, 0.15) is 6.42 Å². The van der Waals surface area contributed by atoms with Crippen LogP contribution in [0, 0.1) is 5.92 Å². The summed E-state index contributed by atoms with van der Waals surface area (Å²) in [6.07, 6.45) is 2.31. The summed E-state index contributed by atoms with van der Waals surface area (Å²) >= 11 is 0. The van der Waals surface area contributed by atoms with Gasteiger partial charge in [0, 0.05) is 24.2 Å². The van der Waals surface area contributed by atoms with Gasteiger partial charge in [0.05, 0.1) is 5.69 Å². The normalized spacial score (nSPS) is 20.2. The number of para-hydroxylation sites is 1. The maximum atomic E-state index is 12.3. The van der Waals surface area contributed by atoms with Gasteiger partial charge in [-0.05, 0) is 25.5 Å². The molecular formula is C14H18NO2P. The predicted octanol–water partition coefficient (Wildman–Crippen LogP) is 2.47. The highest BCUT2D eigenvalue weighted by Gasteiger charge is 2.31. The molecule has 0 aliphatic carbocycles. The summed E-state index contributed by atoms with van der Waals surface area (Å²) in [5.41, 5.74) is 0.792. The molecule has 2 rings (SSSR count). The van der Waals surface area contributed by atoms with Crippen molar-refractivity contribution in [2.75, 3.05) is 24.8 Å². The van der Waals surface area contributed by atoms with Crippen molar-refractivity contribution in [1.29, 1.82) is 0 Å². The third-order valence-electron chi connectivity index (χ3n) is 3.24. The minimum absolute atomic E-state index is 0.0841. The lowest BCUT2D eigenvalue weighted by atomic mass is 10.1. The largest absolute Gasteiger partial charge is 0.319 e. The number of carbonyl (C=O) groups is 1. The van der Waals surface area contributed by atoms with Crippen LogP contribution in [-0.2, 0) is 9.36 Å². The number of hydrogen-bond donors (Lipinski definition) is 0. The van der Waals surface area contributed by atoms with Crippen molar-refractivity contribution in [3.05, 3.63) is 36.9 Å². The summed E-state index contributed by atoms with van der Waals surface area (Å²) < 4.78 is 12.3. The van der Waals surface area contributed by atoms with Gasteiger partial charge in [-0.15, -0.1) is 6.58 Å². The number of nitrogens with zero attached hydrogens (tertiary/aromatic N) is 1. The van der Waals surface area contributed by atoms with E-state index in [1.54, 1.807) is 18.2 Å². The van der Waals surface area contributed by atoms with E-state index in [4.69, 9.17) is 0 Å². The average Bonchev–Trinajstić information content (AvgIpc) is 2.69. The molecule has 1 amide bonds. The summed E-state index contributed by atoms with van der Waals surface area (Å²) in [4.78, 5) is 13.7.